The number of phenols is 1. The van der Waals surface area contributed by atoms with Crippen LogP contribution in [0.2, 0.25) is 0 Å². The number of rotatable bonds is 6. The number of hydrogen-bond donors (Lipinski definition) is 2. The van der Waals surface area contributed by atoms with Gasteiger partial charge in [0, 0.05) is 22.7 Å². The van der Waals surface area contributed by atoms with Gasteiger partial charge in [0.1, 0.15) is 10.8 Å². The molecule has 0 saturated heterocycles. The van der Waals surface area contributed by atoms with Gasteiger partial charge in [-0.25, -0.2) is 4.99 Å². The van der Waals surface area contributed by atoms with Crippen LogP contribution in [-0.4, -0.2) is 22.2 Å². The van der Waals surface area contributed by atoms with Crippen LogP contribution in [0.4, 0.5) is 10.7 Å². The Morgan fingerprint density at radius 1 is 1.39 bits per heavy atom. The van der Waals surface area contributed by atoms with E-state index in [1.54, 1.807) is 24.5 Å². The van der Waals surface area contributed by atoms with Gasteiger partial charge in [-0.2, -0.15) is 0 Å². The van der Waals surface area contributed by atoms with Crippen molar-refractivity contribution in [1.29, 1.82) is 0 Å². The summed E-state index contributed by atoms with van der Waals surface area (Å²) in [5.41, 5.74) is 1.69. The zero-order chi connectivity index (χ0) is 22.0. The Bertz CT molecular complexity index is 1170. The molecule has 2 N–H and O–H groups in total. The number of aromatic hydroxyl groups is 1. The van der Waals surface area contributed by atoms with Crippen molar-refractivity contribution in [3.63, 3.8) is 0 Å². The van der Waals surface area contributed by atoms with Crippen molar-refractivity contribution in [2.45, 2.75) is 32.2 Å². The largest absolute Gasteiger partial charge is 0.501 e. The number of fused-ring (bicyclic) bond motifs is 1. The van der Waals surface area contributed by atoms with Gasteiger partial charge in [0.15, 0.2) is 0 Å². The number of benzene rings is 1. The van der Waals surface area contributed by atoms with Crippen LogP contribution >= 0.6 is 33.9 Å². The first-order valence-electron chi connectivity index (χ1n) is 9.60. The Labute approximate surface area is 195 Å². The highest BCUT2D eigenvalue weighted by Gasteiger charge is 2.25. The maximum absolute atomic E-state index is 13.0. The van der Waals surface area contributed by atoms with E-state index >= 15 is 0 Å². The normalized spacial score (nSPS) is 13.3. The molecule has 1 aromatic carbocycles. The molecule has 0 fully saturated rings. The lowest BCUT2D eigenvalue weighted by atomic mass is 9.95. The zero-order valence-corrected chi connectivity index (χ0v) is 19.2. The van der Waals surface area contributed by atoms with Gasteiger partial charge >= 0.3 is 5.69 Å². The third-order valence-electron chi connectivity index (χ3n) is 4.98. The van der Waals surface area contributed by atoms with E-state index in [9.17, 15) is 20.0 Å². The van der Waals surface area contributed by atoms with Gasteiger partial charge in [0.2, 0.25) is 5.75 Å². The number of phenolic OH excluding ortho intramolecular Hbond substituents is 1. The van der Waals surface area contributed by atoms with Crippen molar-refractivity contribution < 1.29 is 19.2 Å². The van der Waals surface area contributed by atoms with Gasteiger partial charge < -0.3 is 14.8 Å². The predicted octanol–water partition coefficient (Wildman–Crippen LogP) is 5.12. The first-order chi connectivity index (χ1) is 14.9. The molecule has 31 heavy (non-hydrogen) atoms. The summed E-state index contributed by atoms with van der Waals surface area (Å²) in [7, 11) is 0. The van der Waals surface area contributed by atoms with E-state index < -0.39 is 4.92 Å². The maximum atomic E-state index is 13.0. The molecule has 8 nitrogen and oxygen atoms in total. The Balaban J connectivity index is 1.66. The molecule has 0 spiro atoms. The van der Waals surface area contributed by atoms with E-state index in [-0.39, 0.29) is 23.9 Å². The summed E-state index contributed by atoms with van der Waals surface area (Å²) in [4.78, 5) is 29.2. The Morgan fingerprint density at radius 3 is 2.94 bits per heavy atom. The van der Waals surface area contributed by atoms with Crippen molar-refractivity contribution in [3.05, 3.63) is 71.5 Å². The molecule has 2 heterocycles. The van der Waals surface area contributed by atoms with Crippen molar-refractivity contribution in [3.8, 4) is 5.75 Å². The quantitative estimate of drug-likeness (QED) is 0.191. The first-order valence-corrected chi connectivity index (χ1v) is 11.5. The fourth-order valence-electron chi connectivity index (χ4n) is 3.50. The van der Waals surface area contributed by atoms with Gasteiger partial charge in [-0.05, 0) is 72.0 Å². The van der Waals surface area contributed by atoms with Crippen LogP contribution in [0.15, 0.2) is 39.9 Å². The SMILES string of the molecule is O=C(NCc1ccco1)c1c(N=Cc2cc(I)c(O)c([N+](=O)[O-])c2)sc2c1CCCC2. The average molecular weight is 551 g/mol. The highest BCUT2D eigenvalue weighted by molar-refractivity contribution is 14.1. The third-order valence-corrected chi connectivity index (χ3v) is 7.00. The molecule has 0 radical (unpaired) electrons. The summed E-state index contributed by atoms with van der Waals surface area (Å²) >= 11 is 3.32. The summed E-state index contributed by atoms with van der Waals surface area (Å²) in [6, 6.07) is 6.44. The van der Waals surface area contributed by atoms with Crippen LogP contribution in [0.5, 0.6) is 5.75 Å². The van der Waals surface area contributed by atoms with Crippen molar-refractivity contribution in [2.24, 2.45) is 4.99 Å². The van der Waals surface area contributed by atoms with E-state index in [2.05, 4.69) is 10.3 Å². The molecule has 0 atom stereocenters. The minimum Gasteiger partial charge on any atom is -0.501 e. The van der Waals surface area contributed by atoms with E-state index in [4.69, 9.17) is 4.42 Å². The van der Waals surface area contributed by atoms with Gasteiger partial charge in [-0.3, -0.25) is 14.9 Å². The lowest BCUT2D eigenvalue weighted by Gasteiger charge is -2.12. The Kier molecular flexibility index (Phi) is 6.37. The highest BCUT2D eigenvalue weighted by atomic mass is 127. The molecule has 2 aromatic heterocycles. The van der Waals surface area contributed by atoms with Crippen LogP contribution in [0, 0.1) is 13.7 Å². The molecular weight excluding hydrogens is 533 g/mol. The number of nitro benzene ring substituents is 1. The number of carbonyl (C=O) groups excluding carboxylic acids is 1. The first kappa shape index (κ1) is 21.5. The number of nitro groups is 1. The topological polar surface area (TPSA) is 118 Å². The van der Waals surface area contributed by atoms with Crippen molar-refractivity contribution >= 4 is 56.7 Å². The molecule has 0 bridgehead atoms. The molecule has 10 heteroatoms. The van der Waals surface area contributed by atoms with Crippen LogP contribution in [0.3, 0.4) is 0 Å². The lowest BCUT2D eigenvalue weighted by molar-refractivity contribution is -0.386. The second-order valence-corrected chi connectivity index (χ2v) is 9.28. The number of nitrogens with one attached hydrogen (secondary N) is 1. The molecular formula is C21H18IN3O5S. The summed E-state index contributed by atoms with van der Waals surface area (Å²) in [6.45, 7) is 0.280. The van der Waals surface area contributed by atoms with E-state index in [1.807, 2.05) is 22.6 Å². The van der Waals surface area contributed by atoms with Crippen molar-refractivity contribution in [2.75, 3.05) is 0 Å². The number of furan rings is 1. The number of carbonyl (C=O) groups is 1. The smallest absolute Gasteiger partial charge is 0.312 e. The monoisotopic (exact) mass is 551 g/mol. The Hall–Kier alpha value is -2.73. The molecule has 1 aliphatic rings. The van der Waals surface area contributed by atoms with Gasteiger partial charge in [-0.1, -0.05) is 0 Å². The number of amides is 1. The van der Waals surface area contributed by atoms with Crippen LogP contribution in [0.25, 0.3) is 0 Å². The summed E-state index contributed by atoms with van der Waals surface area (Å²) in [5.74, 6) is 0.0787. The lowest BCUT2D eigenvalue weighted by Crippen LogP contribution is -2.23. The molecule has 1 amide bonds. The molecule has 0 saturated carbocycles. The van der Waals surface area contributed by atoms with Crippen LogP contribution in [0.1, 0.15) is 45.0 Å². The van der Waals surface area contributed by atoms with Gasteiger partial charge in [-0.15, -0.1) is 11.3 Å². The third kappa shape index (κ3) is 4.64. The number of nitrogens with zero attached hydrogens (tertiary/aromatic N) is 2. The molecule has 3 aromatic rings. The predicted molar refractivity (Wildman–Crippen MR) is 126 cm³/mol. The fraction of sp³-hybridized carbons (Fsp3) is 0.238. The van der Waals surface area contributed by atoms with E-state index in [0.29, 0.717) is 25.5 Å². The number of aryl methyl sites for hydroxylation is 1. The second-order valence-electron chi connectivity index (χ2n) is 7.04. The zero-order valence-electron chi connectivity index (χ0n) is 16.3. The van der Waals surface area contributed by atoms with Gasteiger partial charge in [0.25, 0.3) is 5.91 Å². The summed E-state index contributed by atoms with van der Waals surface area (Å²) < 4.78 is 5.64. The van der Waals surface area contributed by atoms with E-state index in [1.165, 1.54) is 23.6 Å². The molecule has 0 unspecified atom stereocenters. The fourth-order valence-corrected chi connectivity index (χ4v) is 5.36. The molecule has 0 aliphatic heterocycles. The van der Waals surface area contributed by atoms with E-state index in [0.717, 1.165) is 36.1 Å². The molecule has 160 valence electrons. The Morgan fingerprint density at radius 2 is 2.19 bits per heavy atom. The summed E-state index contributed by atoms with van der Waals surface area (Å²) in [5, 5.41) is 24.5. The average Bonchev–Trinajstić information content (AvgIpc) is 3.40. The highest BCUT2D eigenvalue weighted by Crippen LogP contribution is 2.40. The molecule has 4 rings (SSSR count). The standard InChI is InChI=1S/C21H18IN3O5S/c22-15-8-12(9-16(19(15)26)25(28)29)10-24-21-18(14-5-1-2-6-17(14)31-21)20(27)23-11-13-4-3-7-30-13/h3-4,7-10,26H,1-2,5-6,11H2,(H,23,27). The van der Waals surface area contributed by atoms with Crippen molar-refractivity contribution in [1.82, 2.24) is 5.32 Å². The number of halogens is 1. The van der Waals surface area contributed by atoms with Crippen LogP contribution < -0.4 is 5.32 Å². The maximum Gasteiger partial charge on any atom is 0.312 e. The molecule has 1 aliphatic carbocycles. The summed E-state index contributed by atoms with van der Waals surface area (Å²) in [6.07, 6.45) is 6.89. The number of hydrogen-bond acceptors (Lipinski definition) is 7. The minimum atomic E-state index is -0.633. The number of thiophene rings is 1. The van der Waals surface area contributed by atoms with Crippen LogP contribution in [-0.2, 0) is 19.4 Å². The number of aliphatic imine (C=N–C) groups is 1. The second kappa shape index (κ2) is 9.18. The van der Waals surface area contributed by atoms with Gasteiger partial charge in [0.05, 0.1) is 26.9 Å². The minimum absolute atomic E-state index is 0.214.